The Kier molecular flexibility index (Phi) is 5.20. The van der Waals surface area contributed by atoms with Crippen molar-refractivity contribution >= 4 is 29.1 Å². The van der Waals surface area contributed by atoms with Gasteiger partial charge in [0.25, 0.3) is 0 Å². The van der Waals surface area contributed by atoms with Crippen LogP contribution in [0.1, 0.15) is 18.4 Å². The van der Waals surface area contributed by atoms with E-state index in [2.05, 4.69) is 25.8 Å². The number of piperidine rings is 1. The Morgan fingerprint density at radius 2 is 2.12 bits per heavy atom. The maximum atomic E-state index is 13.6. The highest BCUT2D eigenvalue weighted by Gasteiger charge is 2.14. The van der Waals surface area contributed by atoms with Gasteiger partial charge < -0.3 is 15.6 Å². The van der Waals surface area contributed by atoms with Gasteiger partial charge in [0, 0.05) is 35.2 Å². The molecule has 3 heterocycles. The molecular formula is C18H21ClFN5. The van der Waals surface area contributed by atoms with Crippen LogP contribution in [0.25, 0.3) is 22.2 Å². The first kappa shape index (κ1) is 17.6. The van der Waals surface area contributed by atoms with Crippen LogP contribution in [0, 0.1) is 12.7 Å². The smallest absolute Gasteiger partial charge is 0.149 e. The van der Waals surface area contributed by atoms with Crippen LogP contribution in [0.2, 0.25) is 0 Å². The third-order valence-corrected chi connectivity index (χ3v) is 4.54. The van der Waals surface area contributed by atoms with Crippen molar-refractivity contribution < 1.29 is 4.39 Å². The second kappa shape index (κ2) is 7.37. The Bertz CT molecular complexity index is 873. The number of halogens is 2. The van der Waals surface area contributed by atoms with Crippen LogP contribution in [-0.4, -0.2) is 34.3 Å². The minimum Gasteiger partial charge on any atom is -0.365 e. The summed E-state index contributed by atoms with van der Waals surface area (Å²) in [6, 6.07) is 7.99. The average molecular weight is 362 g/mol. The topological polar surface area (TPSA) is 65.6 Å². The predicted octanol–water partition coefficient (Wildman–Crippen LogP) is 3.66. The third-order valence-electron chi connectivity index (χ3n) is 4.54. The number of rotatable bonds is 3. The number of fused-ring (bicyclic) bond motifs is 1. The van der Waals surface area contributed by atoms with Gasteiger partial charge >= 0.3 is 0 Å². The van der Waals surface area contributed by atoms with Gasteiger partial charge in [-0.2, -0.15) is 0 Å². The van der Waals surface area contributed by atoms with Gasteiger partial charge in [0.15, 0.2) is 0 Å². The van der Waals surface area contributed by atoms with E-state index in [0.29, 0.717) is 11.4 Å². The SMILES string of the molecule is Cc1cc(N[C@@H]2CCCNC2)nnc1-c1ccc2c(F)c[nH]c2c1.Cl. The summed E-state index contributed by atoms with van der Waals surface area (Å²) in [6.07, 6.45) is 3.69. The molecule has 1 aromatic carbocycles. The Hall–Kier alpha value is -2.18. The average Bonchev–Trinajstić information content (AvgIpc) is 2.96. The van der Waals surface area contributed by atoms with Crippen molar-refractivity contribution in [2.45, 2.75) is 25.8 Å². The summed E-state index contributed by atoms with van der Waals surface area (Å²) in [6.45, 7) is 4.06. The fraction of sp³-hybridized carbons (Fsp3) is 0.333. The van der Waals surface area contributed by atoms with Crippen LogP contribution >= 0.6 is 12.4 Å². The highest BCUT2D eigenvalue weighted by Crippen LogP contribution is 2.27. The van der Waals surface area contributed by atoms with Crippen LogP contribution in [0.15, 0.2) is 30.5 Å². The first-order chi connectivity index (χ1) is 11.7. The zero-order valence-electron chi connectivity index (χ0n) is 14.0. The number of nitrogens with zero attached hydrogens (tertiary/aromatic N) is 2. The van der Waals surface area contributed by atoms with Crippen molar-refractivity contribution in [2.24, 2.45) is 0 Å². The summed E-state index contributed by atoms with van der Waals surface area (Å²) in [5, 5.41) is 16.1. The van der Waals surface area contributed by atoms with E-state index < -0.39 is 0 Å². The molecule has 0 unspecified atom stereocenters. The minimum absolute atomic E-state index is 0. The standard InChI is InChI=1S/C18H20FN5.ClH/c1-11-7-17(22-13-3-2-6-20-9-13)23-24-18(11)12-4-5-14-15(19)10-21-16(14)8-12;/h4-5,7-8,10,13,20-21H,2-3,6,9H2,1H3,(H,22,23);1H/t13-;/m1./s1. The Balaban J connectivity index is 0.00000182. The van der Waals surface area contributed by atoms with Crippen LogP contribution in [0.5, 0.6) is 0 Å². The van der Waals surface area contributed by atoms with Gasteiger partial charge in [-0.05, 0) is 50.1 Å². The molecule has 4 rings (SSSR count). The van der Waals surface area contributed by atoms with Gasteiger partial charge in [0.05, 0.1) is 5.69 Å². The van der Waals surface area contributed by atoms with Gasteiger partial charge in [-0.15, -0.1) is 22.6 Å². The van der Waals surface area contributed by atoms with Crippen molar-refractivity contribution in [1.82, 2.24) is 20.5 Å². The molecule has 1 aliphatic rings. The van der Waals surface area contributed by atoms with Crippen molar-refractivity contribution in [3.05, 3.63) is 41.8 Å². The second-order valence-electron chi connectivity index (χ2n) is 6.35. The number of H-pyrrole nitrogens is 1. The summed E-state index contributed by atoms with van der Waals surface area (Å²) in [5.74, 6) is 0.567. The number of aromatic amines is 1. The fourth-order valence-corrected chi connectivity index (χ4v) is 3.26. The molecule has 0 amide bonds. The molecule has 0 radical (unpaired) electrons. The summed E-state index contributed by atoms with van der Waals surface area (Å²) >= 11 is 0. The van der Waals surface area contributed by atoms with E-state index in [4.69, 9.17) is 0 Å². The zero-order chi connectivity index (χ0) is 16.5. The van der Waals surface area contributed by atoms with E-state index >= 15 is 0 Å². The lowest BCUT2D eigenvalue weighted by molar-refractivity contribution is 0.478. The Morgan fingerprint density at radius 1 is 1.24 bits per heavy atom. The largest absolute Gasteiger partial charge is 0.365 e. The molecule has 1 atom stereocenters. The maximum absolute atomic E-state index is 13.6. The van der Waals surface area contributed by atoms with Gasteiger partial charge in [-0.3, -0.25) is 0 Å². The highest BCUT2D eigenvalue weighted by atomic mass is 35.5. The summed E-state index contributed by atoms with van der Waals surface area (Å²) < 4.78 is 13.6. The summed E-state index contributed by atoms with van der Waals surface area (Å²) in [7, 11) is 0. The van der Waals surface area contributed by atoms with Gasteiger partial charge in [0.2, 0.25) is 0 Å². The molecule has 0 spiro atoms. The molecule has 0 aliphatic carbocycles. The molecule has 25 heavy (non-hydrogen) atoms. The third kappa shape index (κ3) is 3.60. The van der Waals surface area contributed by atoms with Crippen molar-refractivity contribution in [2.75, 3.05) is 18.4 Å². The number of hydrogen-bond acceptors (Lipinski definition) is 4. The van der Waals surface area contributed by atoms with E-state index in [1.54, 1.807) is 6.07 Å². The number of anilines is 1. The predicted molar refractivity (Wildman–Crippen MR) is 101 cm³/mol. The van der Waals surface area contributed by atoms with Gasteiger partial charge in [0.1, 0.15) is 11.6 Å². The molecule has 3 aromatic rings. The molecule has 132 valence electrons. The van der Waals surface area contributed by atoms with E-state index in [-0.39, 0.29) is 18.2 Å². The first-order valence-corrected chi connectivity index (χ1v) is 8.29. The van der Waals surface area contributed by atoms with E-state index in [1.807, 2.05) is 25.1 Å². The molecular weight excluding hydrogens is 341 g/mol. The van der Waals surface area contributed by atoms with E-state index in [9.17, 15) is 4.39 Å². The molecule has 1 aliphatic heterocycles. The number of benzene rings is 1. The van der Waals surface area contributed by atoms with Gasteiger partial charge in [-0.1, -0.05) is 6.07 Å². The minimum atomic E-state index is -0.236. The summed E-state index contributed by atoms with van der Waals surface area (Å²) in [5.41, 5.74) is 3.56. The zero-order valence-corrected chi connectivity index (χ0v) is 14.8. The Labute approximate surface area is 151 Å². The molecule has 3 N–H and O–H groups in total. The maximum Gasteiger partial charge on any atom is 0.149 e. The van der Waals surface area contributed by atoms with E-state index in [1.165, 1.54) is 12.6 Å². The molecule has 7 heteroatoms. The summed E-state index contributed by atoms with van der Waals surface area (Å²) in [4.78, 5) is 2.94. The van der Waals surface area contributed by atoms with Crippen molar-refractivity contribution in [1.29, 1.82) is 0 Å². The van der Waals surface area contributed by atoms with Crippen molar-refractivity contribution in [3.8, 4) is 11.3 Å². The van der Waals surface area contributed by atoms with Crippen LogP contribution in [-0.2, 0) is 0 Å². The number of aryl methyl sites for hydroxylation is 1. The van der Waals surface area contributed by atoms with E-state index in [0.717, 1.165) is 47.7 Å². The lowest BCUT2D eigenvalue weighted by Gasteiger charge is -2.24. The van der Waals surface area contributed by atoms with Crippen LogP contribution < -0.4 is 10.6 Å². The molecule has 2 aromatic heterocycles. The molecule has 1 fully saturated rings. The highest BCUT2D eigenvalue weighted by molar-refractivity contribution is 5.85. The second-order valence-corrected chi connectivity index (χ2v) is 6.35. The normalized spacial score (nSPS) is 17.3. The fourth-order valence-electron chi connectivity index (χ4n) is 3.26. The van der Waals surface area contributed by atoms with Gasteiger partial charge in [-0.25, -0.2) is 4.39 Å². The van der Waals surface area contributed by atoms with Crippen LogP contribution in [0.4, 0.5) is 10.2 Å². The first-order valence-electron chi connectivity index (χ1n) is 8.29. The molecule has 5 nitrogen and oxygen atoms in total. The quantitative estimate of drug-likeness (QED) is 0.666. The van der Waals surface area contributed by atoms with Crippen molar-refractivity contribution in [3.63, 3.8) is 0 Å². The molecule has 1 saturated heterocycles. The lowest BCUT2D eigenvalue weighted by Crippen LogP contribution is -2.38. The molecule has 0 saturated carbocycles. The Morgan fingerprint density at radius 3 is 2.88 bits per heavy atom. The number of hydrogen-bond donors (Lipinski definition) is 3. The lowest BCUT2D eigenvalue weighted by atomic mass is 10.1. The van der Waals surface area contributed by atoms with Crippen LogP contribution in [0.3, 0.4) is 0 Å². The monoisotopic (exact) mass is 361 g/mol. The number of nitrogens with one attached hydrogen (secondary N) is 3. The molecule has 0 bridgehead atoms. The number of aromatic nitrogens is 3.